The van der Waals surface area contributed by atoms with Crippen molar-refractivity contribution in [3.05, 3.63) is 0 Å². The van der Waals surface area contributed by atoms with E-state index in [1.54, 1.807) is 6.92 Å². The van der Waals surface area contributed by atoms with Gasteiger partial charge in [-0.25, -0.2) is 0 Å². The number of carbonyl (C=O) groups is 3. The zero-order valence-electron chi connectivity index (χ0n) is 15.7. The van der Waals surface area contributed by atoms with Crippen molar-refractivity contribution in [1.29, 1.82) is 0 Å². The van der Waals surface area contributed by atoms with Crippen LogP contribution in [0.2, 0.25) is 0 Å². The van der Waals surface area contributed by atoms with E-state index in [2.05, 4.69) is 13.8 Å². The quantitative estimate of drug-likeness (QED) is 0.685. The van der Waals surface area contributed by atoms with Gasteiger partial charge in [0.05, 0.1) is 6.61 Å². The van der Waals surface area contributed by atoms with Crippen LogP contribution in [0.1, 0.15) is 79.1 Å². The summed E-state index contributed by atoms with van der Waals surface area (Å²) in [6.07, 6.45) is 6.92. The van der Waals surface area contributed by atoms with Gasteiger partial charge in [-0.1, -0.05) is 20.3 Å². The Morgan fingerprint density at radius 1 is 1.21 bits per heavy atom. The summed E-state index contributed by atoms with van der Waals surface area (Å²) >= 11 is 0. The smallest absolute Gasteiger partial charge is 0.302 e. The second kappa shape index (κ2) is 7.37. The van der Waals surface area contributed by atoms with Crippen LogP contribution in [-0.4, -0.2) is 24.1 Å². The standard InChI is InChI=1S/C20H32O4/c1-14(21)6-7-16-17(23)8-9-18-19(3,12-13-24-15(2)22)10-5-11-20(16,18)4/h16,18H,5-13H2,1-4H3/t16-,18-,19+,20+/m0/s1. The third-order valence-electron chi connectivity index (χ3n) is 6.73. The van der Waals surface area contributed by atoms with Gasteiger partial charge in [-0.3, -0.25) is 9.59 Å². The Labute approximate surface area is 145 Å². The molecule has 4 heteroatoms. The summed E-state index contributed by atoms with van der Waals surface area (Å²) in [5.41, 5.74) is 0.0889. The predicted octanol–water partition coefficient (Wildman–Crippen LogP) is 4.10. The zero-order chi connectivity index (χ0) is 18.0. The molecule has 24 heavy (non-hydrogen) atoms. The molecule has 0 aromatic carbocycles. The van der Waals surface area contributed by atoms with Gasteiger partial charge in [-0.05, 0) is 55.8 Å². The Morgan fingerprint density at radius 3 is 2.54 bits per heavy atom. The van der Waals surface area contributed by atoms with E-state index in [4.69, 9.17) is 4.74 Å². The molecule has 4 nitrogen and oxygen atoms in total. The fourth-order valence-corrected chi connectivity index (χ4v) is 5.51. The van der Waals surface area contributed by atoms with Crippen molar-refractivity contribution in [2.24, 2.45) is 22.7 Å². The van der Waals surface area contributed by atoms with Gasteiger partial charge in [0.1, 0.15) is 11.6 Å². The normalized spacial score (nSPS) is 36.1. The van der Waals surface area contributed by atoms with E-state index in [9.17, 15) is 14.4 Å². The lowest BCUT2D eigenvalue weighted by atomic mass is 9.46. The van der Waals surface area contributed by atoms with Crippen molar-refractivity contribution in [1.82, 2.24) is 0 Å². The minimum absolute atomic E-state index is 0.00787. The van der Waals surface area contributed by atoms with E-state index >= 15 is 0 Å². The predicted molar refractivity (Wildman–Crippen MR) is 92.5 cm³/mol. The van der Waals surface area contributed by atoms with Crippen LogP contribution in [-0.2, 0) is 19.1 Å². The summed E-state index contributed by atoms with van der Waals surface area (Å²) in [6.45, 7) is 8.09. The number of ether oxygens (including phenoxy) is 1. The van der Waals surface area contributed by atoms with Gasteiger partial charge >= 0.3 is 5.97 Å². The molecule has 2 rings (SSSR count). The molecule has 0 N–H and O–H groups in total. The molecule has 0 radical (unpaired) electrons. The summed E-state index contributed by atoms with van der Waals surface area (Å²) in [7, 11) is 0. The van der Waals surface area contributed by atoms with E-state index in [0.29, 0.717) is 37.6 Å². The van der Waals surface area contributed by atoms with Gasteiger partial charge in [0.25, 0.3) is 0 Å². The molecule has 136 valence electrons. The molecule has 2 aliphatic carbocycles. The molecule has 0 saturated heterocycles. The maximum Gasteiger partial charge on any atom is 0.302 e. The highest BCUT2D eigenvalue weighted by Gasteiger charge is 2.55. The molecule has 0 unspecified atom stereocenters. The summed E-state index contributed by atoms with van der Waals surface area (Å²) in [4.78, 5) is 35.1. The highest BCUT2D eigenvalue weighted by atomic mass is 16.5. The van der Waals surface area contributed by atoms with Gasteiger partial charge in [0.2, 0.25) is 0 Å². The van der Waals surface area contributed by atoms with Crippen LogP contribution in [0, 0.1) is 22.7 Å². The lowest BCUT2D eigenvalue weighted by Crippen LogP contribution is -2.53. The third-order valence-corrected chi connectivity index (χ3v) is 6.73. The van der Waals surface area contributed by atoms with Gasteiger partial charge in [-0.2, -0.15) is 0 Å². The number of esters is 1. The Hall–Kier alpha value is -1.19. The molecule has 4 atom stereocenters. The van der Waals surface area contributed by atoms with Crippen molar-refractivity contribution in [3.8, 4) is 0 Å². The van der Waals surface area contributed by atoms with Crippen molar-refractivity contribution >= 4 is 17.5 Å². The Bertz CT molecular complexity index is 512. The maximum atomic E-state index is 12.6. The lowest BCUT2D eigenvalue weighted by Gasteiger charge is -2.57. The van der Waals surface area contributed by atoms with Crippen molar-refractivity contribution in [3.63, 3.8) is 0 Å². The molecule has 0 amide bonds. The molecule has 2 saturated carbocycles. The second-order valence-electron chi connectivity index (χ2n) is 8.45. The SMILES string of the molecule is CC(=O)CC[C@H]1C(=O)CC[C@H]2[C@@](C)(CCOC(C)=O)CCC[C@]12C. The van der Waals surface area contributed by atoms with Crippen LogP contribution >= 0.6 is 0 Å². The first kappa shape index (κ1) is 19.1. The topological polar surface area (TPSA) is 60.4 Å². The number of hydrogen-bond acceptors (Lipinski definition) is 4. The maximum absolute atomic E-state index is 12.6. The molecule has 2 aliphatic rings. The Morgan fingerprint density at radius 2 is 1.92 bits per heavy atom. The molecule has 0 heterocycles. The third kappa shape index (κ3) is 3.89. The minimum Gasteiger partial charge on any atom is -0.466 e. The monoisotopic (exact) mass is 336 g/mol. The van der Waals surface area contributed by atoms with Crippen molar-refractivity contribution < 1.29 is 19.1 Å². The second-order valence-corrected chi connectivity index (χ2v) is 8.45. The fraction of sp³-hybridized carbons (Fsp3) is 0.850. The van der Waals surface area contributed by atoms with E-state index in [-0.39, 0.29) is 28.5 Å². The Kier molecular flexibility index (Phi) is 5.87. The highest BCUT2D eigenvalue weighted by molar-refractivity contribution is 5.84. The Balaban J connectivity index is 2.17. The molecule has 2 fully saturated rings. The minimum atomic E-state index is -0.227. The van der Waals surface area contributed by atoms with Crippen molar-refractivity contribution in [2.75, 3.05) is 6.61 Å². The first-order valence-corrected chi connectivity index (χ1v) is 9.34. The average molecular weight is 336 g/mol. The molecule has 0 aromatic heterocycles. The summed E-state index contributed by atoms with van der Waals surface area (Å²) in [5.74, 6) is 0.758. The zero-order valence-corrected chi connectivity index (χ0v) is 15.7. The summed E-state index contributed by atoms with van der Waals surface area (Å²) < 4.78 is 5.20. The van der Waals surface area contributed by atoms with Crippen LogP contribution in [0.15, 0.2) is 0 Å². The first-order valence-electron chi connectivity index (χ1n) is 9.34. The molecule has 0 aliphatic heterocycles. The molecule has 0 bridgehead atoms. The van der Waals surface area contributed by atoms with E-state index in [1.807, 2.05) is 0 Å². The average Bonchev–Trinajstić information content (AvgIpc) is 2.45. The van der Waals surface area contributed by atoms with Crippen LogP contribution in [0.25, 0.3) is 0 Å². The largest absolute Gasteiger partial charge is 0.466 e. The number of carbonyl (C=O) groups excluding carboxylic acids is 3. The van der Waals surface area contributed by atoms with Gasteiger partial charge in [0, 0.05) is 25.7 Å². The number of hydrogen-bond donors (Lipinski definition) is 0. The summed E-state index contributed by atoms with van der Waals surface area (Å²) in [5, 5.41) is 0. The highest BCUT2D eigenvalue weighted by Crippen LogP contribution is 2.61. The van der Waals surface area contributed by atoms with Gasteiger partial charge in [0.15, 0.2) is 0 Å². The van der Waals surface area contributed by atoms with Crippen LogP contribution in [0.5, 0.6) is 0 Å². The molecule has 0 aromatic rings. The first-order chi connectivity index (χ1) is 11.2. The molecule has 0 spiro atoms. The number of fused-ring (bicyclic) bond motifs is 1. The van der Waals surface area contributed by atoms with Crippen LogP contribution < -0.4 is 0 Å². The van der Waals surface area contributed by atoms with Crippen LogP contribution in [0.4, 0.5) is 0 Å². The fourth-order valence-electron chi connectivity index (χ4n) is 5.51. The van der Waals surface area contributed by atoms with E-state index in [1.165, 1.54) is 6.92 Å². The number of Topliss-reactive ketones (excluding diaryl/α,β-unsaturated/α-hetero) is 2. The number of rotatable bonds is 6. The van der Waals surface area contributed by atoms with Crippen molar-refractivity contribution in [2.45, 2.75) is 79.1 Å². The molecular weight excluding hydrogens is 304 g/mol. The molecular formula is C20H32O4. The van der Waals surface area contributed by atoms with Gasteiger partial charge in [-0.15, -0.1) is 0 Å². The van der Waals surface area contributed by atoms with Gasteiger partial charge < -0.3 is 9.53 Å². The lowest BCUT2D eigenvalue weighted by molar-refractivity contribution is -0.149. The van der Waals surface area contributed by atoms with E-state index < -0.39 is 0 Å². The number of ketones is 2. The van der Waals surface area contributed by atoms with E-state index in [0.717, 1.165) is 32.1 Å². The van der Waals surface area contributed by atoms with Crippen LogP contribution in [0.3, 0.4) is 0 Å². The summed E-state index contributed by atoms with van der Waals surface area (Å²) in [6, 6.07) is 0.